The Hall–Kier alpha value is -4.62. The molecule has 52 heavy (non-hydrogen) atoms. The van der Waals surface area contributed by atoms with Gasteiger partial charge in [-0.2, -0.15) is 28.4 Å². The molecule has 7 rings (SSSR count). The maximum absolute atomic E-state index is 17.2. The number of nitriles is 1. The largest absolute Gasteiger partial charge is 0.461 e. The van der Waals surface area contributed by atoms with Crippen LogP contribution in [0.3, 0.4) is 0 Å². The smallest absolute Gasteiger partial charge is 0.417 e. The van der Waals surface area contributed by atoms with Gasteiger partial charge in [0.05, 0.1) is 21.4 Å². The van der Waals surface area contributed by atoms with Crippen LogP contribution in [0.5, 0.6) is 6.01 Å². The SMILES string of the molecule is C/C=C/C(=O)N1CCC(N(CC)c2nc(OCC34CCCN3CC(F)C4)nc3c(F)c(-c4ccc(F)c5sc(N)c(C#N)c45)c(C(F)(F)F)cc23)C1. The first-order valence-corrected chi connectivity index (χ1v) is 17.8. The number of likely N-dealkylation sites (tertiary alicyclic amines) is 1. The summed E-state index contributed by atoms with van der Waals surface area (Å²) in [5, 5.41) is 9.23. The molecular formula is C36H35F6N7O2S. The van der Waals surface area contributed by atoms with Crippen molar-refractivity contribution < 1.29 is 35.9 Å². The molecule has 2 N–H and O–H groups in total. The number of amides is 1. The lowest BCUT2D eigenvalue weighted by atomic mass is 9.92. The summed E-state index contributed by atoms with van der Waals surface area (Å²) in [6.45, 7) is 5.26. The van der Waals surface area contributed by atoms with Crippen LogP contribution in [0.2, 0.25) is 0 Å². The molecule has 0 spiro atoms. The molecular weight excluding hydrogens is 708 g/mol. The molecule has 274 valence electrons. The molecule has 3 aliphatic rings. The van der Waals surface area contributed by atoms with Gasteiger partial charge in [0.1, 0.15) is 41.0 Å². The zero-order valence-electron chi connectivity index (χ0n) is 28.4. The number of aromatic nitrogens is 2. The summed E-state index contributed by atoms with van der Waals surface area (Å²) in [5.74, 6) is -2.45. The summed E-state index contributed by atoms with van der Waals surface area (Å²) in [5.41, 5.74) is 1.89. The molecule has 3 atom stereocenters. The molecule has 1 amide bonds. The number of nitrogens with zero attached hydrogens (tertiary/aromatic N) is 6. The first-order valence-electron chi connectivity index (χ1n) is 17.0. The molecule has 0 radical (unpaired) electrons. The van der Waals surface area contributed by atoms with Crippen molar-refractivity contribution in [3.8, 4) is 23.2 Å². The Kier molecular flexibility index (Phi) is 9.23. The van der Waals surface area contributed by atoms with Gasteiger partial charge in [-0.1, -0.05) is 12.1 Å². The number of carbonyl (C=O) groups excluding carboxylic acids is 1. The number of likely N-dealkylation sites (N-methyl/N-ethyl adjacent to an activating group) is 1. The first-order chi connectivity index (χ1) is 24.8. The van der Waals surface area contributed by atoms with E-state index in [4.69, 9.17) is 10.5 Å². The van der Waals surface area contributed by atoms with Gasteiger partial charge in [-0.05, 0) is 63.4 Å². The lowest BCUT2D eigenvalue weighted by molar-refractivity contribution is -0.137. The lowest BCUT2D eigenvalue weighted by Gasteiger charge is -2.32. The van der Waals surface area contributed by atoms with E-state index in [0.29, 0.717) is 37.3 Å². The topological polar surface area (TPSA) is 112 Å². The number of hydrogen-bond donors (Lipinski definition) is 1. The number of alkyl halides is 4. The molecule has 3 unspecified atom stereocenters. The van der Waals surface area contributed by atoms with Crippen molar-refractivity contribution in [1.29, 1.82) is 5.26 Å². The number of allylic oxidation sites excluding steroid dienone is 1. The van der Waals surface area contributed by atoms with Crippen LogP contribution in [-0.4, -0.2) is 82.8 Å². The molecule has 3 saturated heterocycles. The number of hydrogen-bond acceptors (Lipinski definition) is 9. The van der Waals surface area contributed by atoms with E-state index >= 15 is 17.6 Å². The Morgan fingerprint density at radius 3 is 2.75 bits per heavy atom. The molecule has 3 fully saturated rings. The lowest BCUT2D eigenvalue weighted by Crippen LogP contribution is -2.43. The average Bonchev–Trinajstić information content (AvgIpc) is 3.87. The Labute approximate surface area is 299 Å². The molecule has 2 aromatic heterocycles. The molecule has 0 aliphatic carbocycles. The number of rotatable bonds is 8. The van der Waals surface area contributed by atoms with E-state index in [2.05, 4.69) is 9.97 Å². The number of fused-ring (bicyclic) bond motifs is 3. The maximum Gasteiger partial charge on any atom is 0.417 e. The number of halogens is 6. The van der Waals surface area contributed by atoms with Crippen molar-refractivity contribution in [3.05, 3.63) is 53.1 Å². The molecule has 9 nitrogen and oxygen atoms in total. The van der Waals surface area contributed by atoms with Crippen LogP contribution in [0.15, 0.2) is 30.4 Å². The van der Waals surface area contributed by atoms with E-state index in [1.165, 1.54) is 6.08 Å². The fourth-order valence-corrected chi connectivity index (χ4v) is 9.09. The predicted molar refractivity (Wildman–Crippen MR) is 186 cm³/mol. The van der Waals surface area contributed by atoms with Crippen molar-refractivity contribution >= 4 is 49.1 Å². The van der Waals surface area contributed by atoms with Gasteiger partial charge in [-0.25, -0.2) is 13.2 Å². The summed E-state index contributed by atoms with van der Waals surface area (Å²) < 4.78 is 97.9. The van der Waals surface area contributed by atoms with Crippen molar-refractivity contribution in [1.82, 2.24) is 19.8 Å². The maximum atomic E-state index is 17.2. The number of nitrogens with two attached hydrogens (primary N) is 1. The van der Waals surface area contributed by atoms with Crippen molar-refractivity contribution in [2.24, 2.45) is 0 Å². The second-order valence-corrected chi connectivity index (χ2v) is 14.5. The van der Waals surface area contributed by atoms with Gasteiger partial charge in [0.25, 0.3) is 0 Å². The van der Waals surface area contributed by atoms with Gasteiger partial charge in [0.2, 0.25) is 5.91 Å². The molecule has 4 aromatic rings. The second kappa shape index (κ2) is 13.4. The van der Waals surface area contributed by atoms with Gasteiger partial charge in [-0.3, -0.25) is 9.69 Å². The summed E-state index contributed by atoms with van der Waals surface area (Å²) in [4.78, 5) is 27.0. The van der Waals surface area contributed by atoms with Crippen LogP contribution >= 0.6 is 11.3 Å². The number of nitrogen functional groups attached to an aromatic ring is 1. The highest BCUT2D eigenvalue weighted by atomic mass is 32.1. The van der Waals surface area contributed by atoms with E-state index < -0.39 is 52.2 Å². The molecule has 5 heterocycles. The first kappa shape index (κ1) is 35.8. The number of ether oxygens (including phenoxy) is 1. The number of thiophene rings is 1. The molecule has 16 heteroatoms. The van der Waals surface area contributed by atoms with Gasteiger partial charge >= 0.3 is 12.2 Å². The summed E-state index contributed by atoms with van der Waals surface area (Å²) in [6, 6.07) is 3.80. The minimum Gasteiger partial charge on any atom is -0.461 e. The normalized spacial score (nSPS) is 22.2. The molecule has 2 aromatic carbocycles. The van der Waals surface area contributed by atoms with Crippen molar-refractivity contribution in [2.45, 2.75) is 63.5 Å². The van der Waals surface area contributed by atoms with Gasteiger partial charge in [-0.15, -0.1) is 11.3 Å². The fourth-order valence-electron chi connectivity index (χ4n) is 8.14. The van der Waals surface area contributed by atoms with E-state index in [0.717, 1.165) is 24.6 Å². The quantitative estimate of drug-likeness (QED) is 0.149. The van der Waals surface area contributed by atoms with Crippen LogP contribution in [-0.2, 0) is 11.0 Å². The second-order valence-electron chi connectivity index (χ2n) is 13.5. The predicted octanol–water partition coefficient (Wildman–Crippen LogP) is 7.22. The fraction of sp³-hybridized carbons (Fsp3) is 0.444. The van der Waals surface area contributed by atoms with Crippen LogP contribution in [0.1, 0.15) is 50.7 Å². The van der Waals surface area contributed by atoms with E-state index in [-0.39, 0.29) is 82.0 Å². The Morgan fingerprint density at radius 1 is 1.25 bits per heavy atom. The third-order valence-corrected chi connectivity index (χ3v) is 11.5. The summed E-state index contributed by atoms with van der Waals surface area (Å²) >= 11 is 0.680. The zero-order chi connectivity index (χ0) is 37.1. The van der Waals surface area contributed by atoms with E-state index in [1.54, 1.807) is 29.7 Å². The van der Waals surface area contributed by atoms with Crippen molar-refractivity contribution in [2.75, 3.05) is 50.0 Å². The molecule has 3 aliphatic heterocycles. The highest BCUT2D eigenvalue weighted by Crippen LogP contribution is 2.48. The van der Waals surface area contributed by atoms with Gasteiger partial charge in [0.15, 0.2) is 5.82 Å². The van der Waals surface area contributed by atoms with Crippen LogP contribution in [0.25, 0.3) is 32.1 Å². The van der Waals surface area contributed by atoms with Crippen LogP contribution in [0, 0.1) is 23.0 Å². The minimum atomic E-state index is -5.12. The summed E-state index contributed by atoms with van der Waals surface area (Å²) in [7, 11) is 0. The number of carbonyl (C=O) groups is 1. The van der Waals surface area contributed by atoms with Gasteiger partial charge in [0, 0.05) is 55.0 Å². The van der Waals surface area contributed by atoms with E-state index in [1.807, 2.05) is 11.0 Å². The third-order valence-electron chi connectivity index (χ3n) is 10.5. The number of anilines is 2. The average molecular weight is 744 g/mol. The summed E-state index contributed by atoms with van der Waals surface area (Å²) in [6.07, 6.45) is -0.950. The van der Waals surface area contributed by atoms with E-state index in [9.17, 15) is 18.8 Å². The Bertz CT molecular complexity index is 2150. The minimum absolute atomic E-state index is 0.0209. The number of benzene rings is 2. The highest BCUT2D eigenvalue weighted by molar-refractivity contribution is 7.23. The Morgan fingerprint density at radius 2 is 2.04 bits per heavy atom. The van der Waals surface area contributed by atoms with Crippen LogP contribution < -0.4 is 15.4 Å². The van der Waals surface area contributed by atoms with Crippen LogP contribution in [0.4, 0.5) is 37.2 Å². The van der Waals surface area contributed by atoms with Gasteiger partial charge < -0.3 is 20.3 Å². The standard InChI is InChI=1S/C36H35F6N7O2S/c1-3-6-26(50)47-12-9-20(17-47)49(4-2)33-22-13-24(36(40,41)42)28(21-7-8-25(38)31-27(21)23(15-43)32(44)52-31)29(39)30(22)45-34(46-33)51-18-35-10-5-11-48(35)16-19(37)14-35/h3,6-8,13,19-20H,4-5,9-12,14,16-18,44H2,1-2H3/b6-3+. The molecule has 0 bridgehead atoms. The van der Waals surface area contributed by atoms with Crippen molar-refractivity contribution in [3.63, 3.8) is 0 Å². The molecule has 0 saturated carbocycles. The zero-order valence-corrected chi connectivity index (χ0v) is 29.2. The third kappa shape index (κ3) is 5.97. The highest BCUT2D eigenvalue weighted by Gasteiger charge is 2.49. The monoisotopic (exact) mass is 743 g/mol. The Balaban J connectivity index is 1.44.